The summed E-state index contributed by atoms with van der Waals surface area (Å²) in [6, 6.07) is 7.93. The predicted octanol–water partition coefficient (Wildman–Crippen LogP) is 10.2. The second-order valence-corrected chi connectivity index (χ2v) is 19.5. The van der Waals surface area contributed by atoms with E-state index in [-0.39, 0.29) is 0 Å². The summed E-state index contributed by atoms with van der Waals surface area (Å²) in [5.74, 6) is 7.43. The van der Waals surface area contributed by atoms with Crippen molar-refractivity contribution in [1.82, 2.24) is 19.9 Å². The van der Waals surface area contributed by atoms with E-state index >= 15 is 0 Å². The van der Waals surface area contributed by atoms with Gasteiger partial charge in [0.15, 0.2) is 63.3 Å². The molecular formula is C43H28N4O10S5. The number of hydrogen-bond acceptors (Lipinski definition) is 18. The molecule has 9 aromatic rings. The topological polar surface area (TPSA) is 147 Å². The normalized spacial score (nSPS) is 16.1. The molecule has 0 saturated carbocycles. The molecule has 0 radical (unpaired) electrons. The number of imidazole rings is 1. The zero-order valence-electron chi connectivity index (χ0n) is 32.1. The molecule has 0 amide bonds. The molecule has 14 rings (SSSR count). The number of thiophene rings is 5. The number of aromatic amines is 1. The Labute approximate surface area is 370 Å². The van der Waals surface area contributed by atoms with Crippen molar-refractivity contribution in [3.05, 3.63) is 42.0 Å². The summed E-state index contributed by atoms with van der Waals surface area (Å²) >= 11 is 7.86. The van der Waals surface area contributed by atoms with Gasteiger partial charge in [-0.05, 0) is 24.3 Å². The van der Waals surface area contributed by atoms with E-state index in [0.717, 1.165) is 88.2 Å². The molecular weight excluding hydrogens is 893 g/mol. The van der Waals surface area contributed by atoms with Crippen LogP contribution in [-0.4, -0.2) is 86.0 Å². The quantitative estimate of drug-likeness (QED) is 0.164. The lowest BCUT2D eigenvalue weighted by Gasteiger charge is -2.19. The van der Waals surface area contributed by atoms with Crippen molar-refractivity contribution in [3.63, 3.8) is 0 Å². The van der Waals surface area contributed by atoms with E-state index in [1.165, 1.54) is 0 Å². The summed E-state index contributed by atoms with van der Waals surface area (Å²) < 4.78 is 63.6. The number of nitrogens with zero attached hydrogens (tertiary/aromatic N) is 3. The highest BCUT2D eigenvalue weighted by Crippen LogP contribution is 2.67. The number of hydrogen-bond donors (Lipinski definition) is 1. The van der Waals surface area contributed by atoms with Gasteiger partial charge in [-0.15, -0.1) is 56.7 Å². The van der Waals surface area contributed by atoms with Crippen LogP contribution in [0.25, 0.3) is 82.6 Å². The molecule has 1 aromatic carbocycles. The minimum atomic E-state index is 0.399. The Balaban J connectivity index is 0.932. The van der Waals surface area contributed by atoms with Crippen molar-refractivity contribution in [3.8, 4) is 107 Å². The minimum absolute atomic E-state index is 0.399. The van der Waals surface area contributed by atoms with Gasteiger partial charge in [-0.25, -0.2) is 4.98 Å². The van der Waals surface area contributed by atoms with Crippen LogP contribution in [-0.2, 0) is 0 Å². The van der Waals surface area contributed by atoms with Crippen molar-refractivity contribution < 1.29 is 47.4 Å². The molecule has 1 N–H and O–H groups in total. The lowest BCUT2D eigenvalue weighted by molar-refractivity contribution is 0.171. The zero-order chi connectivity index (χ0) is 40.5. The molecule has 0 unspecified atom stereocenters. The van der Waals surface area contributed by atoms with Gasteiger partial charge in [0.1, 0.15) is 70.9 Å². The smallest absolute Gasteiger partial charge is 0.183 e. The van der Waals surface area contributed by atoms with Gasteiger partial charge in [-0.1, -0.05) is 0 Å². The first kappa shape index (κ1) is 35.6. The van der Waals surface area contributed by atoms with Crippen LogP contribution in [0.2, 0.25) is 0 Å². The van der Waals surface area contributed by atoms with Crippen molar-refractivity contribution in [2.45, 2.75) is 0 Å². The number of H-pyrrole nitrogens is 1. The van der Waals surface area contributed by atoms with Crippen LogP contribution >= 0.6 is 56.7 Å². The molecule has 0 saturated heterocycles. The summed E-state index contributed by atoms with van der Waals surface area (Å²) in [7, 11) is 0. The van der Waals surface area contributed by atoms with Crippen LogP contribution in [0, 0.1) is 0 Å². The number of ether oxygens (including phenoxy) is 10. The number of pyridine rings is 2. The van der Waals surface area contributed by atoms with E-state index in [2.05, 4.69) is 4.98 Å². The molecule has 5 aliphatic heterocycles. The Kier molecular flexibility index (Phi) is 7.90. The SMILES string of the molecule is c1cnc2c(c1)c1nc(-c3sc(-c4sc(-c5sc(-c6sc(-c7scc8c7OCCO8)c7c6OCCO7)c6c5OCCO6)c5c4OCCO5)c4c3OCCO4)[nH]c1c1cccnc12. The van der Waals surface area contributed by atoms with Gasteiger partial charge in [0.25, 0.3) is 0 Å². The molecule has 8 aromatic heterocycles. The average Bonchev–Trinajstić information content (AvgIpc) is 4.20. The predicted molar refractivity (Wildman–Crippen MR) is 238 cm³/mol. The van der Waals surface area contributed by atoms with Crippen molar-refractivity contribution in [2.75, 3.05) is 66.1 Å². The van der Waals surface area contributed by atoms with Crippen LogP contribution in [0.3, 0.4) is 0 Å². The fraction of sp³-hybridized carbons (Fsp3) is 0.233. The van der Waals surface area contributed by atoms with Gasteiger partial charge in [0.05, 0.1) is 61.1 Å². The third kappa shape index (κ3) is 5.13. The maximum absolute atomic E-state index is 6.50. The number of aromatic nitrogens is 4. The highest BCUT2D eigenvalue weighted by molar-refractivity contribution is 7.31. The monoisotopic (exact) mass is 920 g/mol. The molecule has 0 bridgehead atoms. The second-order valence-electron chi connectivity index (χ2n) is 14.5. The van der Waals surface area contributed by atoms with Crippen LogP contribution in [0.1, 0.15) is 0 Å². The van der Waals surface area contributed by atoms with E-state index < -0.39 is 0 Å². The molecule has 62 heavy (non-hydrogen) atoms. The van der Waals surface area contributed by atoms with Gasteiger partial charge in [-0.3, -0.25) is 9.97 Å². The van der Waals surface area contributed by atoms with Crippen molar-refractivity contribution >= 4 is 89.5 Å². The summed E-state index contributed by atoms with van der Waals surface area (Å²) in [6.45, 7) is 4.29. The Morgan fingerprint density at radius 1 is 0.403 bits per heavy atom. The molecule has 13 heterocycles. The van der Waals surface area contributed by atoms with Crippen LogP contribution in [0.4, 0.5) is 0 Å². The van der Waals surface area contributed by atoms with Gasteiger partial charge in [0.2, 0.25) is 0 Å². The van der Waals surface area contributed by atoms with E-state index in [0.29, 0.717) is 118 Å². The van der Waals surface area contributed by atoms with E-state index in [1.807, 2.05) is 29.6 Å². The number of fused-ring (bicyclic) bond motifs is 11. The summed E-state index contributed by atoms with van der Waals surface area (Å²) in [6.07, 6.45) is 3.58. The lowest BCUT2D eigenvalue weighted by Crippen LogP contribution is -2.16. The number of rotatable bonds is 5. The molecule has 0 spiro atoms. The number of nitrogens with one attached hydrogen (secondary N) is 1. The highest BCUT2D eigenvalue weighted by Gasteiger charge is 2.39. The Hall–Kier alpha value is -5.99. The Morgan fingerprint density at radius 3 is 1.29 bits per heavy atom. The first-order valence-electron chi connectivity index (χ1n) is 19.9. The first-order chi connectivity index (χ1) is 30.8. The maximum atomic E-state index is 6.50. The van der Waals surface area contributed by atoms with Crippen molar-refractivity contribution in [2.24, 2.45) is 0 Å². The van der Waals surface area contributed by atoms with E-state index in [4.69, 9.17) is 62.3 Å². The van der Waals surface area contributed by atoms with Crippen LogP contribution in [0.15, 0.2) is 42.0 Å². The molecule has 310 valence electrons. The summed E-state index contributed by atoms with van der Waals surface area (Å²) in [4.78, 5) is 26.2. The fourth-order valence-corrected chi connectivity index (χ4v) is 14.6. The molecule has 5 aliphatic rings. The Morgan fingerprint density at radius 2 is 0.790 bits per heavy atom. The van der Waals surface area contributed by atoms with Gasteiger partial charge in [-0.2, -0.15) is 0 Å². The minimum Gasteiger partial charge on any atom is -0.485 e. The lowest BCUT2D eigenvalue weighted by atomic mass is 10.1. The molecule has 0 aliphatic carbocycles. The van der Waals surface area contributed by atoms with Gasteiger partial charge < -0.3 is 52.4 Å². The van der Waals surface area contributed by atoms with Crippen molar-refractivity contribution in [1.29, 1.82) is 0 Å². The summed E-state index contributed by atoms with van der Waals surface area (Å²) in [5, 5.41) is 3.84. The van der Waals surface area contributed by atoms with Crippen LogP contribution in [0.5, 0.6) is 57.5 Å². The summed E-state index contributed by atoms with van der Waals surface area (Å²) in [5.41, 5.74) is 3.31. The van der Waals surface area contributed by atoms with Gasteiger partial charge >= 0.3 is 0 Å². The van der Waals surface area contributed by atoms with Crippen LogP contribution < -0.4 is 47.4 Å². The zero-order valence-corrected chi connectivity index (χ0v) is 36.2. The molecule has 19 heteroatoms. The first-order valence-corrected chi connectivity index (χ1v) is 24.0. The average molecular weight is 921 g/mol. The maximum Gasteiger partial charge on any atom is 0.183 e. The fourth-order valence-electron chi connectivity index (χ4n) is 8.48. The van der Waals surface area contributed by atoms with E-state index in [1.54, 1.807) is 69.1 Å². The molecule has 0 atom stereocenters. The molecule has 0 fully saturated rings. The third-order valence-electron chi connectivity index (χ3n) is 11.0. The number of benzene rings is 1. The second kappa shape index (κ2) is 13.8. The third-order valence-corrected chi connectivity index (χ3v) is 17.2. The largest absolute Gasteiger partial charge is 0.485 e. The Bertz CT molecular complexity index is 3250. The van der Waals surface area contributed by atoms with E-state index in [9.17, 15) is 0 Å². The molecule has 14 nitrogen and oxygen atoms in total. The standard InChI is InChI=1S/C43H28N4O10S5/c1-3-18-21(44-5-1)22-19(4-2-6-45-22)24-23(18)46-43(47-24)42-33-32(56-15-16-57-33)41(62-42)40-31-30(54-13-14-55-31)39(61-40)38-29-28(52-11-12-53-29)37(60-38)36-27-26(50-9-10-51-27)35(59-36)34-25-20(17-58-34)48-7-8-49-25/h1-6,17H,7-16H2,(H,46,47). The van der Waals surface area contributed by atoms with Gasteiger partial charge in [0, 0.05) is 28.5 Å². The highest BCUT2D eigenvalue weighted by atomic mass is 32.1.